The van der Waals surface area contributed by atoms with Gasteiger partial charge < -0.3 is 24.0 Å². The molecule has 0 saturated carbocycles. The van der Waals surface area contributed by atoms with E-state index in [-0.39, 0.29) is 18.4 Å². The van der Waals surface area contributed by atoms with Crippen molar-refractivity contribution in [3.63, 3.8) is 0 Å². The van der Waals surface area contributed by atoms with Crippen LogP contribution in [-0.4, -0.2) is 47.4 Å². The molecule has 3 rings (SSSR count). The van der Waals surface area contributed by atoms with Crippen molar-refractivity contribution in [2.45, 2.75) is 32.2 Å². The predicted molar refractivity (Wildman–Crippen MR) is 89.0 cm³/mol. The van der Waals surface area contributed by atoms with Crippen LogP contribution in [0.4, 0.5) is 0 Å². The molecule has 7 heteroatoms. The largest absolute Gasteiger partial charge is 0.497 e. The van der Waals surface area contributed by atoms with Crippen LogP contribution in [-0.2, 0) is 22.7 Å². The number of carbonyl (C=O) groups is 1. The Hall–Kier alpha value is -2.38. The van der Waals surface area contributed by atoms with Crippen molar-refractivity contribution in [3.8, 4) is 5.75 Å². The average Bonchev–Trinajstić information content (AvgIpc) is 3.07. The number of hydrogen-bond donors (Lipinski definition) is 1. The normalized spacial score (nSPS) is 15.7. The first kappa shape index (κ1) is 17.4. The molecule has 1 amide bonds. The number of hydrogen-bond acceptors (Lipinski definition) is 6. The van der Waals surface area contributed by atoms with E-state index < -0.39 is 6.10 Å². The Bertz CT molecular complexity index is 724. The van der Waals surface area contributed by atoms with Crippen molar-refractivity contribution in [2.24, 2.45) is 0 Å². The highest BCUT2D eigenvalue weighted by atomic mass is 16.5. The molecule has 2 aromatic rings. The topological polar surface area (TPSA) is 85.0 Å². The minimum Gasteiger partial charge on any atom is -0.497 e. The number of aromatic nitrogens is 1. The van der Waals surface area contributed by atoms with Crippen molar-refractivity contribution >= 4 is 5.91 Å². The van der Waals surface area contributed by atoms with Crippen LogP contribution in [0, 0.1) is 0 Å². The fourth-order valence-corrected chi connectivity index (χ4v) is 2.75. The lowest BCUT2D eigenvalue weighted by molar-refractivity contribution is -0.148. The molecule has 7 nitrogen and oxygen atoms in total. The Morgan fingerprint density at radius 2 is 2.24 bits per heavy atom. The molecule has 25 heavy (non-hydrogen) atoms. The maximum atomic E-state index is 12.4. The molecule has 1 fully saturated rings. The van der Waals surface area contributed by atoms with E-state index in [1.165, 1.54) is 0 Å². The molecule has 1 unspecified atom stereocenters. The molecule has 0 spiro atoms. The number of amides is 1. The molecule has 1 saturated heterocycles. The molecule has 1 aromatic carbocycles. The number of aliphatic hydroxyl groups is 1. The molecule has 1 aliphatic heterocycles. The van der Waals surface area contributed by atoms with E-state index in [1.807, 2.05) is 24.3 Å². The van der Waals surface area contributed by atoms with E-state index in [4.69, 9.17) is 19.1 Å². The first-order valence-corrected chi connectivity index (χ1v) is 8.20. The van der Waals surface area contributed by atoms with Gasteiger partial charge in [0.2, 0.25) is 0 Å². The summed E-state index contributed by atoms with van der Waals surface area (Å²) >= 11 is 0. The van der Waals surface area contributed by atoms with Crippen LogP contribution in [0.3, 0.4) is 0 Å². The molecule has 2 heterocycles. The van der Waals surface area contributed by atoms with E-state index in [0.717, 1.165) is 17.0 Å². The van der Waals surface area contributed by atoms with Crippen LogP contribution in [0.15, 0.2) is 34.9 Å². The van der Waals surface area contributed by atoms with E-state index in [1.54, 1.807) is 25.0 Å². The van der Waals surface area contributed by atoms with Gasteiger partial charge >= 0.3 is 0 Å². The summed E-state index contributed by atoms with van der Waals surface area (Å²) < 4.78 is 15.9. The van der Waals surface area contributed by atoms with Gasteiger partial charge in [-0.15, -0.1) is 0 Å². The third-order valence-electron chi connectivity index (χ3n) is 4.33. The monoisotopic (exact) mass is 346 g/mol. The van der Waals surface area contributed by atoms with Gasteiger partial charge in [-0.1, -0.05) is 17.3 Å². The molecule has 1 N–H and O–H groups in total. The van der Waals surface area contributed by atoms with Crippen LogP contribution in [0.5, 0.6) is 5.75 Å². The summed E-state index contributed by atoms with van der Waals surface area (Å²) in [5, 5.41) is 12.9. The van der Waals surface area contributed by atoms with E-state index in [9.17, 15) is 4.79 Å². The van der Waals surface area contributed by atoms with Crippen LogP contribution >= 0.6 is 0 Å². The van der Waals surface area contributed by atoms with Gasteiger partial charge in [-0.05, 0) is 24.6 Å². The first-order valence-electron chi connectivity index (χ1n) is 8.20. The average molecular weight is 346 g/mol. The fraction of sp³-hybridized carbons (Fsp3) is 0.444. The summed E-state index contributed by atoms with van der Waals surface area (Å²) in [6.45, 7) is 3.12. The van der Waals surface area contributed by atoms with Gasteiger partial charge in [0.1, 0.15) is 18.5 Å². The molecule has 1 aromatic heterocycles. The number of carbonyl (C=O) groups excluding carboxylic acids is 1. The zero-order valence-corrected chi connectivity index (χ0v) is 14.3. The molecule has 0 bridgehead atoms. The van der Waals surface area contributed by atoms with Gasteiger partial charge in [-0.25, -0.2) is 0 Å². The highest BCUT2D eigenvalue weighted by molar-refractivity contribution is 5.81. The maximum absolute atomic E-state index is 12.4. The Balaban J connectivity index is 1.47. The molecule has 0 radical (unpaired) electrons. The number of rotatable bonds is 7. The zero-order chi connectivity index (χ0) is 17.8. The molecule has 0 aliphatic carbocycles. The molecule has 1 aliphatic rings. The van der Waals surface area contributed by atoms with E-state index >= 15 is 0 Å². The van der Waals surface area contributed by atoms with Crippen molar-refractivity contribution < 1.29 is 23.9 Å². The second-order valence-corrected chi connectivity index (χ2v) is 6.12. The van der Waals surface area contributed by atoms with E-state index in [2.05, 4.69) is 5.16 Å². The SMILES string of the molecule is COc1cccc(COC(C)C(=O)N2CC(c3cc(CO)on3)C2)c1. The molecule has 134 valence electrons. The summed E-state index contributed by atoms with van der Waals surface area (Å²) in [7, 11) is 1.62. The highest BCUT2D eigenvalue weighted by Gasteiger charge is 2.35. The smallest absolute Gasteiger partial charge is 0.251 e. The van der Waals surface area contributed by atoms with Gasteiger partial charge in [0.25, 0.3) is 5.91 Å². The number of benzene rings is 1. The second-order valence-electron chi connectivity index (χ2n) is 6.12. The van der Waals surface area contributed by atoms with Gasteiger partial charge in [-0.2, -0.15) is 0 Å². The minimum absolute atomic E-state index is 0.0370. The van der Waals surface area contributed by atoms with E-state index in [0.29, 0.717) is 25.5 Å². The Kier molecular flexibility index (Phi) is 5.35. The summed E-state index contributed by atoms with van der Waals surface area (Å²) in [5.41, 5.74) is 1.73. The minimum atomic E-state index is -0.516. The van der Waals surface area contributed by atoms with Crippen LogP contribution < -0.4 is 4.74 Å². The lowest BCUT2D eigenvalue weighted by atomic mass is 9.95. The van der Waals surface area contributed by atoms with Crippen LogP contribution in [0.1, 0.15) is 29.9 Å². The van der Waals surface area contributed by atoms with Crippen LogP contribution in [0.2, 0.25) is 0 Å². The lowest BCUT2D eigenvalue weighted by Gasteiger charge is -2.39. The van der Waals surface area contributed by atoms with Gasteiger partial charge in [0.05, 0.1) is 19.4 Å². The zero-order valence-electron chi connectivity index (χ0n) is 14.3. The van der Waals surface area contributed by atoms with Crippen LogP contribution in [0.25, 0.3) is 0 Å². The maximum Gasteiger partial charge on any atom is 0.251 e. The fourth-order valence-electron chi connectivity index (χ4n) is 2.75. The molecule has 1 atom stereocenters. The summed E-state index contributed by atoms with van der Waals surface area (Å²) in [6, 6.07) is 9.31. The van der Waals surface area contributed by atoms with Crippen molar-refractivity contribution in [2.75, 3.05) is 20.2 Å². The van der Waals surface area contributed by atoms with Gasteiger partial charge in [-0.3, -0.25) is 4.79 Å². The first-order chi connectivity index (χ1) is 12.1. The summed E-state index contributed by atoms with van der Waals surface area (Å²) in [4.78, 5) is 14.1. The number of likely N-dealkylation sites (tertiary alicyclic amines) is 1. The third-order valence-corrected chi connectivity index (χ3v) is 4.33. The number of nitrogens with zero attached hydrogens (tertiary/aromatic N) is 2. The Morgan fingerprint density at radius 1 is 1.44 bits per heavy atom. The molecular formula is C18H22N2O5. The van der Waals surface area contributed by atoms with Crippen molar-refractivity contribution in [3.05, 3.63) is 47.3 Å². The lowest BCUT2D eigenvalue weighted by Crippen LogP contribution is -2.52. The highest BCUT2D eigenvalue weighted by Crippen LogP contribution is 2.27. The Labute approximate surface area is 146 Å². The van der Waals surface area contributed by atoms with Crippen molar-refractivity contribution in [1.29, 1.82) is 0 Å². The Morgan fingerprint density at radius 3 is 2.92 bits per heavy atom. The van der Waals surface area contributed by atoms with Crippen molar-refractivity contribution in [1.82, 2.24) is 10.1 Å². The predicted octanol–water partition coefficient (Wildman–Crippen LogP) is 1.71. The van der Waals surface area contributed by atoms with Gasteiger partial charge in [0, 0.05) is 25.1 Å². The number of ether oxygens (including phenoxy) is 2. The summed E-state index contributed by atoms with van der Waals surface area (Å²) in [5.74, 6) is 1.32. The third kappa shape index (κ3) is 4.00. The number of methoxy groups -OCH3 is 1. The second kappa shape index (κ2) is 7.67. The van der Waals surface area contributed by atoms with Gasteiger partial charge in [0.15, 0.2) is 5.76 Å². The standard InChI is InChI=1S/C18H22N2O5/c1-12(24-11-13-4-3-5-15(6-13)23-2)18(22)20-8-14(9-20)17-7-16(10-21)25-19-17/h3-7,12,14,21H,8-11H2,1-2H3. The number of aliphatic hydroxyl groups excluding tert-OH is 1. The molecular weight excluding hydrogens is 324 g/mol. The quantitative estimate of drug-likeness (QED) is 0.821. The summed E-state index contributed by atoms with van der Waals surface area (Å²) in [6.07, 6.45) is -0.516.